The molecule has 2 rings (SSSR count). The largest absolute Gasteiger partial charge is 0.490 e. The monoisotopic (exact) mass is 149 g/mol. The summed E-state index contributed by atoms with van der Waals surface area (Å²) in [6, 6.07) is 1.94. The van der Waals surface area contributed by atoms with Crippen molar-refractivity contribution in [1.82, 2.24) is 4.98 Å². The highest BCUT2D eigenvalue weighted by molar-refractivity contribution is 5.38. The molecule has 0 amide bonds. The lowest BCUT2D eigenvalue weighted by molar-refractivity contribution is 0.254. The zero-order valence-corrected chi connectivity index (χ0v) is 6.79. The molecule has 0 aliphatic carbocycles. The van der Waals surface area contributed by atoms with Gasteiger partial charge in [0.15, 0.2) is 0 Å². The zero-order valence-electron chi connectivity index (χ0n) is 6.79. The van der Waals surface area contributed by atoms with Crippen LogP contribution in [0.15, 0.2) is 12.3 Å². The molecule has 0 N–H and O–H groups in total. The van der Waals surface area contributed by atoms with E-state index in [1.54, 1.807) is 6.20 Å². The lowest BCUT2D eigenvalue weighted by Gasteiger charge is -2.00. The highest BCUT2D eigenvalue weighted by Gasteiger charge is 2.20. The standard InChI is InChI=1S/C9H11NO/c1-6-5-8-7(2)10-4-3-9(8)11-6/h3-4,6H,5H2,1-2H3. The van der Waals surface area contributed by atoms with Gasteiger partial charge >= 0.3 is 0 Å². The third-order valence-electron chi connectivity index (χ3n) is 2.05. The summed E-state index contributed by atoms with van der Waals surface area (Å²) in [7, 11) is 0. The maximum atomic E-state index is 5.55. The SMILES string of the molecule is Cc1nccc2c1CC(C)O2. The van der Waals surface area contributed by atoms with E-state index in [9.17, 15) is 0 Å². The highest BCUT2D eigenvalue weighted by Crippen LogP contribution is 2.29. The van der Waals surface area contributed by atoms with E-state index < -0.39 is 0 Å². The topological polar surface area (TPSA) is 22.1 Å². The van der Waals surface area contributed by atoms with Crippen molar-refractivity contribution in [1.29, 1.82) is 0 Å². The lowest BCUT2D eigenvalue weighted by atomic mass is 10.1. The first-order chi connectivity index (χ1) is 5.27. The Morgan fingerprint density at radius 3 is 3.18 bits per heavy atom. The molecule has 0 fully saturated rings. The first-order valence-corrected chi connectivity index (χ1v) is 3.88. The average Bonchev–Trinajstić information content (AvgIpc) is 2.31. The van der Waals surface area contributed by atoms with Crippen LogP contribution in [0.1, 0.15) is 18.2 Å². The molecule has 1 aromatic heterocycles. The van der Waals surface area contributed by atoms with Crippen LogP contribution in [0.25, 0.3) is 0 Å². The molecule has 0 saturated carbocycles. The van der Waals surface area contributed by atoms with Gasteiger partial charge in [-0.3, -0.25) is 4.98 Å². The average molecular weight is 149 g/mol. The Morgan fingerprint density at radius 1 is 1.64 bits per heavy atom. The summed E-state index contributed by atoms with van der Waals surface area (Å²) in [4.78, 5) is 4.21. The fourth-order valence-corrected chi connectivity index (χ4v) is 1.48. The smallest absolute Gasteiger partial charge is 0.126 e. The van der Waals surface area contributed by atoms with Gasteiger partial charge in [0.25, 0.3) is 0 Å². The Balaban J connectivity index is 2.49. The van der Waals surface area contributed by atoms with E-state index in [1.807, 2.05) is 13.0 Å². The minimum absolute atomic E-state index is 0.327. The van der Waals surface area contributed by atoms with Gasteiger partial charge < -0.3 is 4.74 Å². The van der Waals surface area contributed by atoms with Crippen molar-refractivity contribution in [2.45, 2.75) is 26.4 Å². The maximum Gasteiger partial charge on any atom is 0.126 e. The summed E-state index contributed by atoms with van der Waals surface area (Å²) in [6.45, 7) is 4.11. The quantitative estimate of drug-likeness (QED) is 0.560. The summed E-state index contributed by atoms with van der Waals surface area (Å²) in [6.07, 6.45) is 3.13. The molecule has 0 radical (unpaired) electrons. The van der Waals surface area contributed by atoms with Crippen LogP contribution in [0.5, 0.6) is 5.75 Å². The van der Waals surface area contributed by atoms with Crippen LogP contribution < -0.4 is 4.74 Å². The van der Waals surface area contributed by atoms with E-state index in [1.165, 1.54) is 5.56 Å². The molecule has 1 atom stereocenters. The number of pyridine rings is 1. The first kappa shape index (κ1) is 6.65. The van der Waals surface area contributed by atoms with Gasteiger partial charge in [-0.2, -0.15) is 0 Å². The molecule has 0 saturated heterocycles. The predicted octanol–water partition coefficient (Wildman–Crippen LogP) is 1.71. The van der Waals surface area contributed by atoms with Crippen molar-refractivity contribution in [3.05, 3.63) is 23.5 Å². The van der Waals surface area contributed by atoms with Crippen LogP contribution in [0.3, 0.4) is 0 Å². The third kappa shape index (κ3) is 0.985. The molecule has 2 heteroatoms. The second-order valence-corrected chi connectivity index (χ2v) is 3.01. The number of rotatable bonds is 0. The van der Waals surface area contributed by atoms with Crippen LogP contribution >= 0.6 is 0 Å². The van der Waals surface area contributed by atoms with Crippen molar-refractivity contribution in [2.24, 2.45) is 0 Å². The Bertz CT molecular complexity index is 283. The van der Waals surface area contributed by atoms with E-state index in [2.05, 4.69) is 11.9 Å². The molecular formula is C9H11NO. The van der Waals surface area contributed by atoms with Gasteiger partial charge in [0, 0.05) is 23.9 Å². The van der Waals surface area contributed by atoms with Crippen molar-refractivity contribution >= 4 is 0 Å². The van der Waals surface area contributed by atoms with Gasteiger partial charge in [0.05, 0.1) is 0 Å². The molecule has 2 nitrogen and oxygen atoms in total. The van der Waals surface area contributed by atoms with Crippen LogP contribution in [-0.2, 0) is 6.42 Å². The minimum atomic E-state index is 0.327. The Morgan fingerprint density at radius 2 is 2.45 bits per heavy atom. The van der Waals surface area contributed by atoms with Crippen LogP contribution in [-0.4, -0.2) is 11.1 Å². The summed E-state index contributed by atoms with van der Waals surface area (Å²) in [5.41, 5.74) is 2.38. The van der Waals surface area contributed by atoms with Gasteiger partial charge in [-0.1, -0.05) is 0 Å². The second kappa shape index (κ2) is 2.22. The fraction of sp³-hybridized carbons (Fsp3) is 0.444. The normalized spacial score (nSPS) is 21.1. The van der Waals surface area contributed by atoms with Gasteiger partial charge in [-0.25, -0.2) is 0 Å². The number of aryl methyl sites for hydroxylation is 1. The molecule has 1 aliphatic rings. The lowest BCUT2D eigenvalue weighted by Crippen LogP contribution is -2.05. The first-order valence-electron chi connectivity index (χ1n) is 3.88. The van der Waals surface area contributed by atoms with Gasteiger partial charge in [-0.05, 0) is 19.9 Å². The molecule has 1 aromatic rings. The Kier molecular flexibility index (Phi) is 1.34. The third-order valence-corrected chi connectivity index (χ3v) is 2.05. The number of hydrogen-bond acceptors (Lipinski definition) is 2. The number of ether oxygens (including phenoxy) is 1. The van der Waals surface area contributed by atoms with Crippen LogP contribution in [0.4, 0.5) is 0 Å². The molecular weight excluding hydrogens is 138 g/mol. The number of nitrogens with zero attached hydrogens (tertiary/aromatic N) is 1. The molecule has 11 heavy (non-hydrogen) atoms. The molecule has 1 unspecified atom stereocenters. The molecule has 0 bridgehead atoms. The van der Waals surface area contributed by atoms with E-state index in [-0.39, 0.29) is 0 Å². The van der Waals surface area contributed by atoms with Gasteiger partial charge in [0.2, 0.25) is 0 Å². The van der Waals surface area contributed by atoms with Gasteiger partial charge in [-0.15, -0.1) is 0 Å². The molecule has 0 aromatic carbocycles. The van der Waals surface area contributed by atoms with Crippen molar-refractivity contribution in [2.75, 3.05) is 0 Å². The molecule has 2 heterocycles. The van der Waals surface area contributed by atoms with Crippen molar-refractivity contribution in [3.8, 4) is 5.75 Å². The van der Waals surface area contributed by atoms with Gasteiger partial charge in [0.1, 0.15) is 11.9 Å². The van der Waals surface area contributed by atoms with Crippen LogP contribution in [0.2, 0.25) is 0 Å². The van der Waals surface area contributed by atoms with E-state index >= 15 is 0 Å². The maximum absolute atomic E-state index is 5.55. The van der Waals surface area contributed by atoms with Crippen molar-refractivity contribution < 1.29 is 4.74 Å². The molecule has 1 aliphatic heterocycles. The van der Waals surface area contributed by atoms with E-state index in [0.717, 1.165) is 17.9 Å². The molecule has 0 spiro atoms. The Labute approximate surface area is 66.2 Å². The number of aromatic nitrogens is 1. The fourth-order valence-electron chi connectivity index (χ4n) is 1.48. The Hall–Kier alpha value is -1.05. The summed E-state index contributed by atoms with van der Waals surface area (Å²) < 4.78 is 5.55. The zero-order chi connectivity index (χ0) is 7.84. The number of hydrogen-bond donors (Lipinski definition) is 0. The number of fused-ring (bicyclic) bond motifs is 1. The van der Waals surface area contributed by atoms with Crippen LogP contribution in [0, 0.1) is 6.92 Å². The van der Waals surface area contributed by atoms with Crippen molar-refractivity contribution in [3.63, 3.8) is 0 Å². The predicted molar refractivity (Wildman–Crippen MR) is 42.8 cm³/mol. The van der Waals surface area contributed by atoms with E-state index in [0.29, 0.717) is 6.10 Å². The molecule has 58 valence electrons. The summed E-state index contributed by atoms with van der Waals surface area (Å²) in [5.74, 6) is 1.02. The summed E-state index contributed by atoms with van der Waals surface area (Å²) in [5, 5.41) is 0. The second-order valence-electron chi connectivity index (χ2n) is 3.01. The summed E-state index contributed by atoms with van der Waals surface area (Å²) >= 11 is 0. The highest BCUT2D eigenvalue weighted by atomic mass is 16.5. The minimum Gasteiger partial charge on any atom is -0.490 e. The van der Waals surface area contributed by atoms with E-state index in [4.69, 9.17) is 4.74 Å².